The Labute approximate surface area is 132 Å². The van der Waals surface area contributed by atoms with Crippen LogP contribution in [-0.4, -0.2) is 40.9 Å². The molecule has 1 aromatic carbocycles. The van der Waals surface area contributed by atoms with Crippen molar-refractivity contribution in [3.63, 3.8) is 0 Å². The van der Waals surface area contributed by atoms with Crippen LogP contribution in [-0.2, 0) is 13.6 Å². The van der Waals surface area contributed by atoms with Crippen LogP contribution in [0.2, 0.25) is 0 Å². The number of nitrogens with one attached hydrogen (secondary N) is 1. The van der Waals surface area contributed by atoms with E-state index in [0.29, 0.717) is 0 Å². The minimum Gasteiger partial charge on any atom is -0.314 e. The second kappa shape index (κ2) is 7.07. The van der Waals surface area contributed by atoms with Crippen molar-refractivity contribution in [3.05, 3.63) is 41.7 Å². The van der Waals surface area contributed by atoms with Gasteiger partial charge in [0.1, 0.15) is 0 Å². The molecule has 2 aromatic rings. The Morgan fingerprint density at radius 3 is 2.67 bits per heavy atom. The summed E-state index contributed by atoms with van der Waals surface area (Å²) >= 11 is 0. The van der Waals surface area contributed by atoms with Crippen molar-refractivity contribution < 1.29 is 0 Å². The summed E-state index contributed by atoms with van der Waals surface area (Å²) in [4.78, 5) is 2.51. The number of aromatic nitrogens is 2. The predicted molar refractivity (Wildman–Crippen MR) is 88.8 cm³/mol. The first-order chi connectivity index (χ1) is 9.72. The second-order valence-corrected chi connectivity index (χ2v) is 5.59. The van der Waals surface area contributed by atoms with Crippen LogP contribution in [0.1, 0.15) is 11.1 Å². The monoisotopic (exact) mass is 306 g/mol. The van der Waals surface area contributed by atoms with Crippen LogP contribution in [0.25, 0.3) is 11.1 Å². The van der Waals surface area contributed by atoms with Crippen molar-refractivity contribution in [1.82, 2.24) is 20.0 Å². The normalized spacial score (nSPS) is 15.7. The third-order valence-electron chi connectivity index (χ3n) is 3.88. The van der Waals surface area contributed by atoms with Gasteiger partial charge >= 0.3 is 0 Å². The van der Waals surface area contributed by atoms with Gasteiger partial charge in [-0.15, -0.1) is 12.4 Å². The van der Waals surface area contributed by atoms with E-state index >= 15 is 0 Å². The SMILES string of the molecule is Cc1ccc(CN2CCNCC2)c(-c2cnn(C)c2)c1.Cl. The van der Waals surface area contributed by atoms with Gasteiger partial charge in [0.2, 0.25) is 0 Å². The van der Waals surface area contributed by atoms with Crippen LogP contribution in [0.3, 0.4) is 0 Å². The maximum absolute atomic E-state index is 4.30. The molecule has 0 atom stereocenters. The average molecular weight is 307 g/mol. The second-order valence-electron chi connectivity index (χ2n) is 5.59. The van der Waals surface area contributed by atoms with Crippen molar-refractivity contribution in [2.45, 2.75) is 13.5 Å². The molecule has 5 heteroatoms. The van der Waals surface area contributed by atoms with E-state index < -0.39 is 0 Å². The van der Waals surface area contributed by atoms with E-state index in [2.05, 4.69) is 46.6 Å². The molecule has 1 aliphatic rings. The summed E-state index contributed by atoms with van der Waals surface area (Å²) in [5.41, 5.74) is 5.22. The molecule has 1 aromatic heterocycles. The lowest BCUT2D eigenvalue weighted by atomic mass is 9.99. The van der Waals surface area contributed by atoms with Crippen molar-refractivity contribution in [2.24, 2.45) is 7.05 Å². The van der Waals surface area contributed by atoms with Crippen molar-refractivity contribution in [3.8, 4) is 11.1 Å². The Bertz CT molecular complexity index is 588. The van der Waals surface area contributed by atoms with Crippen LogP contribution >= 0.6 is 12.4 Å². The minimum atomic E-state index is 0. The zero-order valence-electron chi connectivity index (χ0n) is 12.7. The van der Waals surface area contributed by atoms with Gasteiger partial charge in [-0.25, -0.2) is 0 Å². The van der Waals surface area contributed by atoms with Crippen molar-refractivity contribution in [2.75, 3.05) is 26.2 Å². The number of aryl methyl sites for hydroxylation is 2. The molecule has 0 unspecified atom stereocenters. The zero-order chi connectivity index (χ0) is 13.9. The van der Waals surface area contributed by atoms with Gasteiger partial charge < -0.3 is 5.32 Å². The predicted octanol–water partition coefficient (Wildman–Crippen LogP) is 2.22. The van der Waals surface area contributed by atoms with Crippen LogP contribution in [0, 0.1) is 6.92 Å². The zero-order valence-corrected chi connectivity index (χ0v) is 13.5. The van der Waals surface area contributed by atoms with Crippen LogP contribution in [0.5, 0.6) is 0 Å². The third kappa shape index (κ3) is 3.84. The highest BCUT2D eigenvalue weighted by Crippen LogP contribution is 2.25. The van der Waals surface area contributed by atoms with Crippen LogP contribution in [0.15, 0.2) is 30.6 Å². The average Bonchev–Trinajstić information content (AvgIpc) is 2.88. The molecule has 1 N–H and O–H groups in total. The number of piperazine rings is 1. The molecular formula is C16H23ClN4. The Morgan fingerprint density at radius 2 is 2.00 bits per heavy atom. The molecule has 0 spiro atoms. The Kier molecular flexibility index (Phi) is 5.39. The topological polar surface area (TPSA) is 33.1 Å². The lowest BCUT2D eigenvalue weighted by Crippen LogP contribution is -2.42. The molecule has 21 heavy (non-hydrogen) atoms. The summed E-state index contributed by atoms with van der Waals surface area (Å²) < 4.78 is 1.87. The molecular weight excluding hydrogens is 284 g/mol. The molecule has 0 bridgehead atoms. The fourth-order valence-corrected chi connectivity index (χ4v) is 2.77. The third-order valence-corrected chi connectivity index (χ3v) is 3.88. The fourth-order valence-electron chi connectivity index (χ4n) is 2.77. The number of nitrogens with zero attached hydrogens (tertiary/aromatic N) is 3. The maximum atomic E-state index is 4.30. The highest BCUT2D eigenvalue weighted by Gasteiger charge is 2.13. The van der Waals surface area contributed by atoms with E-state index in [-0.39, 0.29) is 12.4 Å². The number of halogens is 1. The molecule has 1 saturated heterocycles. The standard InChI is InChI=1S/C16H22N4.ClH/c1-13-3-4-14(12-20-7-5-17-6-8-20)16(9-13)15-10-18-19(2)11-15;/h3-4,9-11,17H,5-8,12H2,1-2H3;1H. The molecule has 3 rings (SSSR count). The molecule has 0 aliphatic carbocycles. The Hall–Kier alpha value is -1.36. The quantitative estimate of drug-likeness (QED) is 0.944. The molecule has 114 valence electrons. The summed E-state index contributed by atoms with van der Waals surface area (Å²) in [6, 6.07) is 6.74. The van der Waals surface area contributed by atoms with Gasteiger partial charge in [0, 0.05) is 51.5 Å². The van der Waals surface area contributed by atoms with Crippen molar-refractivity contribution >= 4 is 12.4 Å². The molecule has 0 saturated carbocycles. The smallest absolute Gasteiger partial charge is 0.0568 e. The van der Waals surface area contributed by atoms with Gasteiger partial charge in [-0.05, 0) is 18.1 Å². The first-order valence-electron chi connectivity index (χ1n) is 7.24. The molecule has 2 heterocycles. The van der Waals surface area contributed by atoms with E-state index in [0.717, 1.165) is 32.7 Å². The van der Waals surface area contributed by atoms with Gasteiger partial charge in [0.25, 0.3) is 0 Å². The first kappa shape index (κ1) is 16.0. The molecule has 1 fully saturated rings. The van der Waals surface area contributed by atoms with Gasteiger partial charge in [-0.1, -0.05) is 23.8 Å². The number of hydrogen-bond donors (Lipinski definition) is 1. The molecule has 1 aliphatic heterocycles. The fraction of sp³-hybridized carbons (Fsp3) is 0.438. The largest absolute Gasteiger partial charge is 0.314 e. The summed E-state index contributed by atoms with van der Waals surface area (Å²) in [6.45, 7) is 7.60. The number of benzene rings is 1. The summed E-state index contributed by atoms with van der Waals surface area (Å²) in [5, 5.41) is 7.71. The van der Waals surface area contributed by atoms with E-state index in [1.54, 1.807) is 0 Å². The van der Waals surface area contributed by atoms with Gasteiger partial charge in [-0.3, -0.25) is 9.58 Å². The summed E-state index contributed by atoms with van der Waals surface area (Å²) in [7, 11) is 1.97. The Morgan fingerprint density at radius 1 is 1.24 bits per heavy atom. The molecule has 4 nitrogen and oxygen atoms in total. The van der Waals surface area contributed by atoms with E-state index in [4.69, 9.17) is 0 Å². The number of rotatable bonds is 3. The van der Waals surface area contributed by atoms with Gasteiger partial charge in [0.05, 0.1) is 6.20 Å². The van der Waals surface area contributed by atoms with Gasteiger partial charge in [0.15, 0.2) is 0 Å². The minimum absolute atomic E-state index is 0. The van der Waals surface area contributed by atoms with Crippen molar-refractivity contribution in [1.29, 1.82) is 0 Å². The Balaban J connectivity index is 0.00000161. The highest BCUT2D eigenvalue weighted by molar-refractivity contribution is 5.85. The molecule has 0 radical (unpaired) electrons. The van der Waals surface area contributed by atoms with Gasteiger partial charge in [-0.2, -0.15) is 5.10 Å². The van der Waals surface area contributed by atoms with E-state index in [1.807, 2.05) is 17.9 Å². The lowest BCUT2D eigenvalue weighted by molar-refractivity contribution is 0.233. The maximum Gasteiger partial charge on any atom is 0.0568 e. The van der Waals surface area contributed by atoms with E-state index in [1.165, 1.54) is 22.3 Å². The lowest BCUT2D eigenvalue weighted by Gasteiger charge is -2.28. The molecule has 0 amide bonds. The summed E-state index contributed by atoms with van der Waals surface area (Å²) in [5.74, 6) is 0. The summed E-state index contributed by atoms with van der Waals surface area (Å²) in [6.07, 6.45) is 4.05. The van der Waals surface area contributed by atoms with E-state index in [9.17, 15) is 0 Å². The van der Waals surface area contributed by atoms with Crippen LogP contribution < -0.4 is 5.32 Å². The number of hydrogen-bond acceptors (Lipinski definition) is 3. The van der Waals surface area contributed by atoms with Crippen LogP contribution in [0.4, 0.5) is 0 Å². The highest BCUT2D eigenvalue weighted by atomic mass is 35.5. The first-order valence-corrected chi connectivity index (χ1v) is 7.24.